The number of hydrogen-bond acceptors (Lipinski definition) is 4. The average molecular weight is 336 g/mol. The normalized spacial score (nSPS) is 10.5. The van der Waals surface area contributed by atoms with Gasteiger partial charge >= 0.3 is 0 Å². The third-order valence-electron chi connectivity index (χ3n) is 2.75. The molecule has 0 saturated carbocycles. The molecule has 1 N–H and O–H groups in total. The molecule has 0 atom stereocenters. The van der Waals surface area contributed by atoms with Crippen LogP contribution in [0, 0.1) is 0 Å². The van der Waals surface area contributed by atoms with Crippen molar-refractivity contribution in [3.63, 3.8) is 0 Å². The van der Waals surface area contributed by atoms with E-state index in [2.05, 4.69) is 44.2 Å². The predicted molar refractivity (Wildman–Crippen MR) is 82.5 cm³/mol. The van der Waals surface area contributed by atoms with Crippen LogP contribution in [0.15, 0.2) is 41.3 Å². The van der Waals surface area contributed by atoms with Crippen molar-refractivity contribution in [2.75, 3.05) is 6.61 Å². The van der Waals surface area contributed by atoms with Crippen LogP contribution in [-0.2, 0) is 13.1 Å². The number of ether oxygens (including phenoxy) is 1. The highest BCUT2D eigenvalue weighted by Gasteiger charge is 2.04. The second-order valence-corrected chi connectivity index (χ2v) is 5.32. The van der Waals surface area contributed by atoms with E-state index in [9.17, 15) is 0 Å². The third-order valence-corrected chi connectivity index (χ3v) is 3.24. The Balaban J connectivity index is 1.95. The van der Waals surface area contributed by atoms with Crippen LogP contribution < -0.4 is 10.1 Å². The van der Waals surface area contributed by atoms with Crippen LogP contribution in [0.3, 0.4) is 0 Å². The molecule has 0 aliphatic rings. The molecule has 1 aromatic carbocycles. The van der Waals surface area contributed by atoms with Crippen LogP contribution in [-0.4, -0.2) is 16.6 Å². The molecule has 106 valence electrons. The largest absolute Gasteiger partial charge is 0.493 e. The predicted octanol–water partition coefficient (Wildman–Crippen LogP) is 3.32. The highest BCUT2D eigenvalue weighted by atomic mass is 79.9. The fourth-order valence-electron chi connectivity index (χ4n) is 1.79. The van der Waals surface area contributed by atoms with Gasteiger partial charge in [0.25, 0.3) is 0 Å². The molecule has 0 aliphatic carbocycles. The molecule has 5 heteroatoms. The Kier molecular flexibility index (Phi) is 5.95. The number of halogens is 1. The molecule has 1 aromatic heterocycles. The Morgan fingerprint density at radius 2 is 2.15 bits per heavy atom. The van der Waals surface area contributed by atoms with Crippen LogP contribution >= 0.6 is 15.9 Å². The maximum Gasteiger partial charge on any atom is 0.123 e. The van der Waals surface area contributed by atoms with Gasteiger partial charge in [0, 0.05) is 29.3 Å². The number of benzene rings is 1. The van der Waals surface area contributed by atoms with Gasteiger partial charge in [-0.1, -0.05) is 22.9 Å². The first-order valence-electron chi connectivity index (χ1n) is 6.66. The molecule has 20 heavy (non-hydrogen) atoms. The molecule has 0 amide bonds. The van der Waals surface area contributed by atoms with Crippen molar-refractivity contribution < 1.29 is 4.74 Å². The summed E-state index contributed by atoms with van der Waals surface area (Å²) in [5.74, 6) is 0.935. The molecule has 1 heterocycles. The molecular formula is C15H18BrN3O. The molecule has 0 bridgehead atoms. The highest BCUT2D eigenvalue weighted by Crippen LogP contribution is 2.23. The van der Waals surface area contributed by atoms with E-state index in [1.807, 2.05) is 18.2 Å². The van der Waals surface area contributed by atoms with E-state index in [0.717, 1.165) is 41.1 Å². The van der Waals surface area contributed by atoms with Crippen LogP contribution in [0.4, 0.5) is 0 Å². The summed E-state index contributed by atoms with van der Waals surface area (Å²) in [6.07, 6.45) is 4.31. The summed E-state index contributed by atoms with van der Waals surface area (Å²) < 4.78 is 6.81. The first-order chi connectivity index (χ1) is 9.79. The van der Waals surface area contributed by atoms with Crippen molar-refractivity contribution in [1.29, 1.82) is 0 Å². The SMILES string of the molecule is CCCOc1ccc(Br)cc1CNCc1ccncn1. The molecular weight excluding hydrogens is 318 g/mol. The molecule has 0 saturated heterocycles. The first-order valence-corrected chi connectivity index (χ1v) is 7.45. The van der Waals surface area contributed by atoms with Crippen molar-refractivity contribution in [3.05, 3.63) is 52.5 Å². The van der Waals surface area contributed by atoms with Crippen LogP contribution in [0.25, 0.3) is 0 Å². The summed E-state index contributed by atoms with van der Waals surface area (Å²) in [6, 6.07) is 7.99. The molecule has 2 aromatic rings. The van der Waals surface area contributed by atoms with Crippen molar-refractivity contribution in [2.24, 2.45) is 0 Å². The van der Waals surface area contributed by atoms with E-state index in [0.29, 0.717) is 6.54 Å². The molecule has 4 nitrogen and oxygen atoms in total. The topological polar surface area (TPSA) is 47.0 Å². The van der Waals surface area contributed by atoms with Crippen LogP contribution in [0.1, 0.15) is 24.6 Å². The van der Waals surface area contributed by atoms with Gasteiger partial charge in [-0.2, -0.15) is 0 Å². The second-order valence-electron chi connectivity index (χ2n) is 4.40. The maximum atomic E-state index is 5.76. The monoisotopic (exact) mass is 335 g/mol. The number of hydrogen-bond donors (Lipinski definition) is 1. The van der Waals surface area contributed by atoms with Crippen molar-refractivity contribution in [3.8, 4) is 5.75 Å². The van der Waals surface area contributed by atoms with E-state index in [-0.39, 0.29) is 0 Å². The lowest BCUT2D eigenvalue weighted by molar-refractivity contribution is 0.313. The van der Waals surface area contributed by atoms with Gasteiger partial charge in [-0.25, -0.2) is 9.97 Å². The number of rotatable bonds is 7. The zero-order chi connectivity index (χ0) is 14.2. The van der Waals surface area contributed by atoms with Gasteiger partial charge in [0.2, 0.25) is 0 Å². The van der Waals surface area contributed by atoms with Gasteiger partial charge in [0.1, 0.15) is 12.1 Å². The minimum Gasteiger partial charge on any atom is -0.493 e. The van der Waals surface area contributed by atoms with Gasteiger partial charge in [0.15, 0.2) is 0 Å². The van der Waals surface area contributed by atoms with Gasteiger partial charge in [-0.05, 0) is 30.7 Å². The van der Waals surface area contributed by atoms with E-state index in [1.165, 1.54) is 0 Å². The van der Waals surface area contributed by atoms with Crippen LogP contribution in [0.5, 0.6) is 5.75 Å². The van der Waals surface area contributed by atoms with Gasteiger partial charge < -0.3 is 10.1 Å². The Morgan fingerprint density at radius 1 is 1.25 bits per heavy atom. The summed E-state index contributed by atoms with van der Waals surface area (Å²) >= 11 is 3.50. The number of nitrogens with zero attached hydrogens (tertiary/aromatic N) is 2. The molecule has 0 unspecified atom stereocenters. The zero-order valence-corrected chi connectivity index (χ0v) is 13.1. The van der Waals surface area contributed by atoms with Crippen molar-refractivity contribution in [2.45, 2.75) is 26.4 Å². The standard InChI is InChI=1S/C15H18BrN3O/c1-2-7-20-15-4-3-13(16)8-12(15)9-18-10-14-5-6-17-11-19-14/h3-6,8,11,18H,2,7,9-10H2,1H3. The van der Waals surface area contributed by atoms with Crippen molar-refractivity contribution >= 4 is 15.9 Å². The van der Waals surface area contributed by atoms with Gasteiger partial charge in [-0.15, -0.1) is 0 Å². The zero-order valence-electron chi connectivity index (χ0n) is 11.5. The second kappa shape index (κ2) is 7.97. The van der Waals surface area contributed by atoms with Crippen molar-refractivity contribution in [1.82, 2.24) is 15.3 Å². The Hall–Kier alpha value is -1.46. The molecule has 0 spiro atoms. The minimum absolute atomic E-state index is 0.711. The Labute approximate surface area is 127 Å². The highest BCUT2D eigenvalue weighted by molar-refractivity contribution is 9.10. The summed E-state index contributed by atoms with van der Waals surface area (Å²) in [7, 11) is 0. The van der Waals surface area contributed by atoms with Crippen LogP contribution in [0.2, 0.25) is 0 Å². The summed E-state index contributed by atoms with van der Waals surface area (Å²) in [4.78, 5) is 8.09. The fraction of sp³-hybridized carbons (Fsp3) is 0.333. The quantitative estimate of drug-likeness (QED) is 0.843. The Bertz CT molecular complexity index is 534. The maximum absolute atomic E-state index is 5.76. The first kappa shape index (κ1) is 14.9. The Morgan fingerprint density at radius 3 is 2.90 bits per heavy atom. The smallest absolute Gasteiger partial charge is 0.123 e. The third kappa shape index (κ3) is 4.58. The fourth-order valence-corrected chi connectivity index (χ4v) is 2.20. The number of nitrogens with one attached hydrogen (secondary N) is 1. The molecule has 0 fully saturated rings. The lowest BCUT2D eigenvalue weighted by Crippen LogP contribution is -2.14. The summed E-state index contributed by atoms with van der Waals surface area (Å²) in [5, 5.41) is 3.37. The number of aromatic nitrogens is 2. The van der Waals surface area contributed by atoms with E-state index in [1.54, 1.807) is 12.5 Å². The van der Waals surface area contributed by atoms with Gasteiger partial charge in [0.05, 0.1) is 12.3 Å². The summed E-state index contributed by atoms with van der Waals surface area (Å²) in [6.45, 7) is 4.29. The molecule has 0 radical (unpaired) electrons. The van der Waals surface area contributed by atoms with Gasteiger partial charge in [-0.3, -0.25) is 0 Å². The lowest BCUT2D eigenvalue weighted by atomic mass is 10.2. The molecule has 0 aliphatic heterocycles. The van der Waals surface area contributed by atoms with E-state index >= 15 is 0 Å². The van der Waals surface area contributed by atoms with E-state index < -0.39 is 0 Å². The average Bonchev–Trinajstić information content (AvgIpc) is 2.47. The minimum atomic E-state index is 0.711. The molecule has 2 rings (SSSR count). The lowest BCUT2D eigenvalue weighted by Gasteiger charge is -2.12. The summed E-state index contributed by atoms with van der Waals surface area (Å²) in [5.41, 5.74) is 2.12. The van der Waals surface area contributed by atoms with E-state index in [4.69, 9.17) is 4.74 Å².